The Bertz CT molecular complexity index is 685. The smallest absolute Gasteiger partial charge is 0.227 e. The van der Waals surface area contributed by atoms with Crippen LogP contribution in [0.2, 0.25) is 0 Å². The minimum atomic E-state index is -3.24. The largest absolute Gasteiger partial charge is 0.359 e. The van der Waals surface area contributed by atoms with Crippen LogP contribution in [0.3, 0.4) is 0 Å². The third-order valence-corrected chi connectivity index (χ3v) is 5.98. The number of amides is 1. The minimum absolute atomic E-state index is 0.0369. The Morgan fingerprint density at radius 2 is 2.04 bits per heavy atom. The number of likely N-dealkylation sites (tertiary alicyclic amines) is 1. The molecule has 2 aliphatic heterocycles. The van der Waals surface area contributed by atoms with E-state index < -0.39 is 10.0 Å². The lowest BCUT2D eigenvalue weighted by molar-refractivity contribution is -0.138. The third-order valence-electron chi connectivity index (χ3n) is 4.71. The van der Waals surface area contributed by atoms with E-state index in [4.69, 9.17) is 4.52 Å². The van der Waals surface area contributed by atoms with Gasteiger partial charge in [0, 0.05) is 25.7 Å². The van der Waals surface area contributed by atoms with Crippen molar-refractivity contribution in [2.75, 3.05) is 25.9 Å². The first-order valence-corrected chi connectivity index (χ1v) is 9.90. The van der Waals surface area contributed by atoms with E-state index in [2.05, 4.69) is 5.16 Å². The summed E-state index contributed by atoms with van der Waals surface area (Å²) in [6.45, 7) is 3.35. The SMILES string of the molecule is Cc1cc(C2CCCN2C(=O)C2CCCN(S(C)(=O)=O)C2)on1. The molecule has 0 bridgehead atoms. The van der Waals surface area contributed by atoms with Crippen LogP contribution in [-0.4, -0.2) is 54.6 Å². The second-order valence-electron chi connectivity index (χ2n) is 6.52. The fourth-order valence-electron chi connectivity index (χ4n) is 3.55. The molecule has 2 atom stereocenters. The van der Waals surface area contributed by atoms with E-state index >= 15 is 0 Å². The fraction of sp³-hybridized carbons (Fsp3) is 0.733. The summed E-state index contributed by atoms with van der Waals surface area (Å²) in [6, 6.07) is 1.80. The molecule has 0 radical (unpaired) electrons. The maximum atomic E-state index is 12.9. The molecule has 7 nitrogen and oxygen atoms in total. The maximum absolute atomic E-state index is 12.9. The van der Waals surface area contributed by atoms with Gasteiger partial charge in [-0.05, 0) is 32.6 Å². The molecule has 1 aromatic rings. The number of piperidine rings is 1. The van der Waals surface area contributed by atoms with Crippen molar-refractivity contribution in [1.82, 2.24) is 14.4 Å². The number of carbonyl (C=O) groups excluding carboxylic acids is 1. The summed E-state index contributed by atoms with van der Waals surface area (Å²) >= 11 is 0. The lowest BCUT2D eigenvalue weighted by Gasteiger charge is -2.33. The molecular formula is C15H23N3O4S. The van der Waals surface area contributed by atoms with E-state index in [0.717, 1.165) is 37.1 Å². The van der Waals surface area contributed by atoms with Crippen molar-refractivity contribution in [2.45, 2.75) is 38.6 Å². The van der Waals surface area contributed by atoms with Crippen molar-refractivity contribution in [1.29, 1.82) is 0 Å². The number of hydrogen-bond acceptors (Lipinski definition) is 5. The van der Waals surface area contributed by atoms with Gasteiger partial charge in [0.2, 0.25) is 15.9 Å². The highest BCUT2D eigenvalue weighted by molar-refractivity contribution is 7.88. The zero-order chi connectivity index (χ0) is 16.6. The molecule has 0 spiro atoms. The van der Waals surface area contributed by atoms with E-state index in [-0.39, 0.29) is 24.4 Å². The summed E-state index contributed by atoms with van der Waals surface area (Å²) in [7, 11) is -3.24. The van der Waals surface area contributed by atoms with Gasteiger partial charge in [0.15, 0.2) is 5.76 Å². The molecule has 3 heterocycles. The van der Waals surface area contributed by atoms with Gasteiger partial charge in [-0.15, -0.1) is 0 Å². The molecule has 2 aliphatic rings. The summed E-state index contributed by atoms with van der Waals surface area (Å²) in [5.74, 6) is 0.502. The topological polar surface area (TPSA) is 83.7 Å². The predicted molar refractivity (Wildman–Crippen MR) is 84.1 cm³/mol. The number of aryl methyl sites for hydroxylation is 1. The Hall–Kier alpha value is -1.41. The van der Waals surface area contributed by atoms with Crippen molar-refractivity contribution in [3.8, 4) is 0 Å². The van der Waals surface area contributed by atoms with E-state index in [1.54, 1.807) is 0 Å². The highest BCUT2D eigenvalue weighted by Gasteiger charge is 2.38. The summed E-state index contributed by atoms with van der Waals surface area (Å²) in [4.78, 5) is 14.7. The van der Waals surface area contributed by atoms with Gasteiger partial charge in [0.05, 0.1) is 23.9 Å². The van der Waals surface area contributed by atoms with Crippen LogP contribution in [0.25, 0.3) is 0 Å². The molecule has 8 heteroatoms. The van der Waals surface area contributed by atoms with E-state index in [1.807, 2.05) is 17.9 Å². The van der Waals surface area contributed by atoms with Gasteiger partial charge >= 0.3 is 0 Å². The molecule has 1 amide bonds. The number of aromatic nitrogens is 1. The Morgan fingerprint density at radius 3 is 2.70 bits per heavy atom. The number of sulfonamides is 1. The highest BCUT2D eigenvalue weighted by Crippen LogP contribution is 2.34. The first-order valence-electron chi connectivity index (χ1n) is 8.05. The molecule has 128 valence electrons. The molecule has 0 saturated carbocycles. The van der Waals surface area contributed by atoms with Crippen molar-refractivity contribution >= 4 is 15.9 Å². The van der Waals surface area contributed by atoms with Crippen LogP contribution in [-0.2, 0) is 14.8 Å². The summed E-state index contributed by atoms with van der Waals surface area (Å²) in [5, 5.41) is 3.91. The van der Waals surface area contributed by atoms with Crippen LogP contribution in [0.5, 0.6) is 0 Å². The molecule has 0 aromatic carbocycles. The second kappa shape index (κ2) is 6.24. The van der Waals surface area contributed by atoms with Gasteiger partial charge in [-0.25, -0.2) is 12.7 Å². The number of carbonyl (C=O) groups is 1. The van der Waals surface area contributed by atoms with Crippen molar-refractivity contribution < 1.29 is 17.7 Å². The third kappa shape index (κ3) is 3.42. The monoisotopic (exact) mass is 341 g/mol. The fourth-order valence-corrected chi connectivity index (χ4v) is 4.46. The quantitative estimate of drug-likeness (QED) is 0.828. The first-order chi connectivity index (χ1) is 10.9. The van der Waals surface area contributed by atoms with Crippen LogP contribution >= 0.6 is 0 Å². The van der Waals surface area contributed by atoms with Crippen LogP contribution in [0, 0.1) is 12.8 Å². The highest BCUT2D eigenvalue weighted by atomic mass is 32.2. The van der Waals surface area contributed by atoms with E-state index in [1.165, 1.54) is 10.6 Å². The molecule has 0 aliphatic carbocycles. The van der Waals surface area contributed by atoms with Gasteiger partial charge in [-0.3, -0.25) is 4.79 Å². The lowest BCUT2D eigenvalue weighted by Crippen LogP contribution is -2.46. The van der Waals surface area contributed by atoms with Gasteiger partial charge in [0.25, 0.3) is 0 Å². The zero-order valence-electron chi connectivity index (χ0n) is 13.6. The molecule has 3 rings (SSSR count). The standard InChI is InChI=1S/C15H23N3O4S/c1-11-9-14(22-16-11)13-6-4-8-18(13)15(19)12-5-3-7-17(10-12)23(2,20)21/h9,12-13H,3-8,10H2,1-2H3. The van der Waals surface area contributed by atoms with Crippen LogP contribution in [0.1, 0.15) is 43.2 Å². The number of hydrogen-bond donors (Lipinski definition) is 0. The van der Waals surface area contributed by atoms with E-state index in [0.29, 0.717) is 13.1 Å². The van der Waals surface area contributed by atoms with Gasteiger partial charge < -0.3 is 9.42 Å². The molecule has 23 heavy (non-hydrogen) atoms. The van der Waals surface area contributed by atoms with Gasteiger partial charge in [-0.1, -0.05) is 5.16 Å². The average molecular weight is 341 g/mol. The van der Waals surface area contributed by atoms with Crippen LogP contribution < -0.4 is 0 Å². The number of nitrogens with zero attached hydrogens (tertiary/aromatic N) is 3. The predicted octanol–water partition coefficient (Wildman–Crippen LogP) is 1.32. The Labute approximate surface area is 136 Å². The number of rotatable bonds is 3. The van der Waals surface area contributed by atoms with E-state index in [9.17, 15) is 13.2 Å². The molecule has 0 N–H and O–H groups in total. The molecule has 1 aromatic heterocycles. The van der Waals surface area contributed by atoms with Gasteiger partial charge in [0.1, 0.15) is 0 Å². The average Bonchev–Trinajstić information content (AvgIpc) is 3.14. The van der Waals surface area contributed by atoms with Crippen molar-refractivity contribution in [2.24, 2.45) is 5.92 Å². The minimum Gasteiger partial charge on any atom is -0.359 e. The molecular weight excluding hydrogens is 318 g/mol. The van der Waals surface area contributed by atoms with Gasteiger partial charge in [-0.2, -0.15) is 0 Å². The summed E-state index contributed by atoms with van der Waals surface area (Å²) in [6.07, 6.45) is 4.46. The molecule has 2 saturated heterocycles. The second-order valence-corrected chi connectivity index (χ2v) is 8.50. The van der Waals surface area contributed by atoms with Crippen LogP contribution in [0.15, 0.2) is 10.6 Å². The maximum Gasteiger partial charge on any atom is 0.227 e. The van der Waals surface area contributed by atoms with Crippen molar-refractivity contribution in [3.05, 3.63) is 17.5 Å². The Kier molecular flexibility index (Phi) is 4.46. The molecule has 2 unspecified atom stereocenters. The summed E-state index contributed by atoms with van der Waals surface area (Å²) < 4.78 is 30.2. The Morgan fingerprint density at radius 1 is 1.30 bits per heavy atom. The lowest BCUT2D eigenvalue weighted by atomic mass is 9.97. The van der Waals surface area contributed by atoms with Crippen molar-refractivity contribution in [3.63, 3.8) is 0 Å². The van der Waals surface area contributed by atoms with Crippen LogP contribution in [0.4, 0.5) is 0 Å². The normalized spacial score (nSPS) is 26.6. The first kappa shape index (κ1) is 16.4. The summed E-state index contributed by atoms with van der Waals surface area (Å²) in [5.41, 5.74) is 0.806. The zero-order valence-corrected chi connectivity index (χ0v) is 14.4. The molecule has 2 fully saturated rings. The Balaban J connectivity index is 1.74.